The lowest BCUT2D eigenvalue weighted by Gasteiger charge is -2.05. The van der Waals surface area contributed by atoms with Gasteiger partial charge < -0.3 is 4.98 Å². The molecule has 2 aromatic heterocycles. The minimum absolute atomic E-state index is 0.311. The predicted octanol–water partition coefficient (Wildman–Crippen LogP) is 1.89. The molecule has 102 valence electrons. The molecule has 1 N–H and O–H groups in total. The van der Waals surface area contributed by atoms with Gasteiger partial charge in [0, 0.05) is 30.9 Å². The first kappa shape index (κ1) is 12.7. The molecule has 3 aromatic rings. The molecule has 0 saturated carbocycles. The number of hydrogen-bond donors (Lipinski definition) is 1. The summed E-state index contributed by atoms with van der Waals surface area (Å²) >= 11 is 5.87. The molecule has 5 nitrogen and oxygen atoms in total. The standard InChI is InChI=1S/C14H12ClN3O2/c1-17-12-11(13(19)18(2)14(17)20)10(7-16-12)8-3-5-9(15)6-4-8/h3-7,16H,1-2H3. The Hall–Kier alpha value is -2.27. The van der Waals surface area contributed by atoms with E-state index in [2.05, 4.69) is 4.98 Å². The molecule has 0 unspecified atom stereocenters. The molecule has 0 aliphatic rings. The third-order valence-corrected chi connectivity index (χ3v) is 3.69. The lowest BCUT2D eigenvalue weighted by atomic mass is 10.1. The first-order chi connectivity index (χ1) is 9.50. The molecular formula is C14H12ClN3O2. The summed E-state index contributed by atoms with van der Waals surface area (Å²) in [5, 5.41) is 1.13. The summed E-state index contributed by atoms with van der Waals surface area (Å²) in [5.74, 6) is 0. The number of halogens is 1. The van der Waals surface area contributed by atoms with Crippen LogP contribution in [0.2, 0.25) is 5.02 Å². The zero-order chi connectivity index (χ0) is 14.4. The van der Waals surface area contributed by atoms with Crippen molar-refractivity contribution in [3.05, 3.63) is 56.3 Å². The van der Waals surface area contributed by atoms with E-state index in [0.29, 0.717) is 16.1 Å². The van der Waals surface area contributed by atoms with E-state index in [-0.39, 0.29) is 11.2 Å². The van der Waals surface area contributed by atoms with Gasteiger partial charge in [0.15, 0.2) is 0 Å². The van der Waals surface area contributed by atoms with E-state index >= 15 is 0 Å². The van der Waals surface area contributed by atoms with Crippen LogP contribution in [0.25, 0.3) is 22.2 Å². The Morgan fingerprint density at radius 3 is 2.35 bits per heavy atom. The fourth-order valence-corrected chi connectivity index (χ4v) is 2.45. The number of H-pyrrole nitrogens is 1. The van der Waals surface area contributed by atoms with E-state index in [9.17, 15) is 9.59 Å². The molecule has 0 atom stereocenters. The first-order valence-corrected chi connectivity index (χ1v) is 6.41. The Bertz CT molecular complexity index is 916. The molecule has 6 heteroatoms. The summed E-state index contributed by atoms with van der Waals surface area (Å²) < 4.78 is 2.53. The van der Waals surface area contributed by atoms with Gasteiger partial charge in [0.1, 0.15) is 5.65 Å². The number of rotatable bonds is 1. The number of aromatic nitrogens is 3. The largest absolute Gasteiger partial charge is 0.347 e. The average molecular weight is 290 g/mol. The van der Waals surface area contributed by atoms with Crippen LogP contribution in [0.3, 0.4) is 0 Å². The second-order valence-corrected chi connectivity index (χ2v) is 5.08. The average Bonchev–Trinajstić information content (AvgIpc) is 2.88. The van der Waals surface area contributed by atoms with Crippen LogP contribution in [0.4, 0.5) is 0 Å². The Labute approximate surface area is 119 Å². The summed E-state index contributed by atoms with van der Waals surface area (Å²) in [6.45, 7) is 0. The van der Waals surface area contributed by atoms with Crippen LogP contribution in [0.15, 0.2) is 40.1 Å². The van der Waals surface area contributed by atoms with E-state index in [4.69, 9.17) is 11.6 Å². The lowest BCUT2D eigenvalue weighted by Crippen LogP contribution is -2.36. The maximum absolute atomic E-state index is 12.3. The minimum atomic E-state index is -0.355. The van der Waals surface area contributed by atoms with Gasteiger partial charge in [0.2, 0.25) is 0 Å². The highest BCUT2D eigenvalue weighted by atomic mass is 35.5. The smallest absolute Gasteiger partial charge is 0.332 e. The van der Waals surface area contributed by atoms with Crippen LogP contribution >= 0.6 is 11.6 Å². The molecule has 2 heterocycles. The van der Waals surface area contributed by atoms with Crippen molar-refractivity contribution in [3.8, 4) is 11.1 Å². The van der Waals surface area contributed by atoms with Gasteiger partial charge in [-0.25, -0.2) is 4.79 Å². The van der Waals surface area contributed by atoms with Crippen molar-refractivity contribution >= 4 is 22.6 Å². The third kappa shape index (κ3) is 1.71. The molecule has 0 aliphatic carbocycles. The summed E-state index contributed by atoms with van der Waals surface area (Å²) in [4.78, 5) is 27.2. The molecule has 0 saturated heterocycles. The maximum atomic E-state index is 12.3. The number of hydrogen-bond acceptors (Lipinski definition) is 2. The van der Waals surface area contributed by atoms with Gasteiger partial charge in [-0.05, 0) is 17.7 Å². The zero-order valence-corrected chi connectivity index (χ0v) is 11.7. The highest BCUT2D eigenvalue weighted by Crippen LogP contribution is 2.26. The predicted molar refractivity (Wildman–Crippen MR) is 79.2 cm³/mol. The molecule has 0 fully saturated rings. The summed E-state index contributed by atoms with van der Waals surface area (Å²) in [6, 6.07) is 7.22. The third-order valence-electron chi connectivity index (χ3n) is 3.44. The quantitative estimate of drug-likeness (QED) is 0.743. The minimum Gasteiger partial charge on any atom is -0.347 e. The number of benzene rings is 1. The van der Waals surface area contributed by atoms with Crippen molar-refractivity contribution in [1.82, 2.24) is 14.1 Å². The monoisotopic (exact) mass is 289 g/mol. The van der Waals surface area contributed by atoms with Crippen LogP contribution in [0.1, 0.15) is 0 Å². The fourth-order valence-electron chi connectivity index (χ4n) is 2.33. The molecule has 0 amide bonds. The van der Waals surface area contributed by atoms with Gasteiger partial charge in [-0.15, -0.1) is 0 Å². The second kappa shape index (κ2) is 4.38. The fraction of sp³-hybridized carbons (Fsp3) is 0.143. The Kier molecular flexibility index (Phi) is 2.79. The highest BCUT2D eigenvalue weighted by Gasteiger charge is 2.15. The Morgan fingerprint density at radius 2 is 1.70 bits per heavy atom. The number of fused-ring (bicyclic) bond motifs is 1. The molecular weight excluding hydrogens is 278 g/mol. The van der Waals surface area contributed by atoms with E-state index in [1.807, 2.05) is 12.1 Å². The van der Waals surface area contributed by atoms with Crippen molar-refractivity contribution in [2.24, 2.45) is 14.1 Å². The first-order valence-electron chi connectivity index (χ1n) is 6.03. The van der Waals surface area contributed by atoms with Crippen LogP contribution in [0, 0.1) is 0 Å². The molecule has 0 spiro atoms. The number of nitrogens with one attached hydrogen (secondary N) is 1. The summed E-state index contributed by atoms with van der Waals surface area (Å²) in [6.07, 6.45) is 1.73. The molecule has 0 radical (unpaired) electrons. The van der Waals surface area contributed by atoms with Crippen molar-refractivity contribution in [2.45, 2.75) is 0 Å². The molecule has 0 bridgehead atoms. The Morgan fingerprint density at radius 1 is 1.05 bits per heavy atom. The molecule has 20 heavy (non-hydrogen) atoms. The topological polar surface area (TPSA) is 59.8 Å². The Balaban J connectivity index is 2.43. The normalized spacial score (nSPS) is 11.2. The highest BCUT2D eigenvalue weighted by molar-refractivity contribution is 6.30. The number of aryl methyl sites for hydroxylation is 1. The van der Waals surface area contributed by atoms with E-state index < -0.39 is 0 Å². The molecule has 3 rings (SSSR count). The van der Waals surface area contributed by atoms with Crippen LogP contribution in [-0.2, 0) is 14.1 Å². The van der Waals surface area contributed by atoms with E-state index in [1.165, 1.54) is 11.6 Å². The van der Waals surface area contributed by atoms with Gasteiger partial charge in [-0.3, -0.25) is 13.9 Å². The number of aromatic amines is 1. The van der Waals surface area contributed by atoms with Gasteiger partial charge in [-0.1, -0.05) is 23.7 Å². The van der Waals surface area contributed by atoms with Crippen molar-refractivity contribution in [3.63, 3.8) is 0 Å². The zero-order valence-electron chi connectivity index (χ0n) is 11.0. The van der Waals surface area contributed by atoms with Crippen LogP contribution in [-0.4, -0.2) is 14.1 Å². The number of nitrogens with zero attached hydrogens (tertiary/aromatic N) is 2. The van der Waals surface area contributed by atoms with Gasteiger partial charge in [0.25, 0.3) is 5.56 Å². The van der Waals surface area contributed by atoms with Gasteiger partial charge in [-0.2, -0.15) is 0 Å². The molecule has 1 aromatic carbocycles. The van der Waals surface area contributed by atoms with Gasteiger partial charge >= 0.3 is 5.69 Å². The van der Waals surface area contributed by atoms with Crippen molar-refractivity contribution < 1.29 is 0 Å². The maximum Gasteiger partial charge on any atom is 0.332 e. The molecule has 0 aliphatic heterocycles. The van der Waals surface area contributed by atoms with Crippen molar-refractivity contribution in [1.29, 1.82) is 0 Å². The van der Waals surface area contributed by atoms with Crippen molar-refractivity contribution in [2.75, 3.05) is 0 Å². The van der Waals surface area contributed by atoms with E-state index in [0.717, 1.165) is 15.7 Å². The van der Waals surface area contributed by atoms with Crippen LogP contribution < -0.4 is 11.2 Å². The summed E-state index contributed by atoms with van der Waals surface area (Å²) in [5.41, 5.74) is 1.48. The van der Waals surface area contributed by atoms with E-state index in [1.54, 1.807) is 25.4 Å². The SMILES string of the molecule is Cn1c(=O)c2c(-c3ccc(Cl)cc3)c[nH]c2n(C)c1=O. The van der Waals surface area contributed by atoms with Crippen LogP contribution in [0.5, 0.6) is 0 Å². The lowest BCUT2D eigenvalue weighted by molar-refractivity contribution is 0.710. The summed E-state index contributed by atoms with van der Waals surface area (Å²) in [7, 11) is 3.11. The van der Waals surface area contributed by atoms with Gasteiger partial charge in [0.05, 0.1) is 5.39 Å². The second-order valence-electron chi connectivity index (χ2n) is 4.64.